The summed E-state index contributed by atoms with van der Waals surface area (Å²) < 4.78 is 26.1. The predicted molar refractivity (Wildman–Crippen MR) is 62.6 cm³/mol. The highest BCUT2D eigenvalue weighted by molar-refractivity contribution is 7.99. The van der Waals surface area contributed by atoms with Crippen molar-refractivity contribution >= 4 is 11.8 Å². The summed E-state index contributed by atoms with van der Waals surface area (Å²) in [5.74, 6) is -0.745. The van der Waals surface area contributed by atoms with E-state index in [1.165, 1.54) is 23.9 Å². The van der Waals surface area contributed by atoms with Crippen LogP contribution < -0.4 is 5.73 Å². The van der Waals surface area contributed by atoms with Gasteiger partial charge in [0.2, 0.25) is 0 Å². The number of halogens is 2. The van der Waals surface area contributed by atoms with E-state index in [1.807, 2.05) is 0 Å². The van der Waals surface area contributed by atoms with Gasteiger partial charge in [-0.3, -0.25) is 0 Å². The third-order valence-electron chi connectivity index (χ3n) is 2.23. The van der Waals surface area contributed by atoms with Gasteiger partial charge in [-0.25, -0.2) is 13.8 Å². The molecule has 1 aromatic heterocycles. The van der Waals surface area contributed by atoms with Gasteiger partial charge in [0, 0.05) is 35.8 Å². The van der Waals surface area contributed by atoms with Crippen LogP contribution in [0.25, 0.3) is 0 Å². The number of nitrogens with one attached hydrogen (secondary N) is 1. The molecule has 0 saturated carbocycles. The average molecular weight is 255 g/mol. The van der Waals surface area contributed by atoms with E-state index in [4.69, 9.17) is 5.73 Å². The monoisotopic (exact) mass is 255 g/mol. The van der Waals surface area contributed by atoms with Crippen molar-refractivity contribution in [2.24, 2.45) is 5.73 Å². The number of hydrogen-bond acceptors (Lipinski definition) is 3. The van der Waals surface area contributed by atoms with Crippen LogP contribution in [0.3, 0.4) is 0 Å². The molecule has 3 nitrogen and oxygen atoms in total. The van der Waals surface area contributed by atoms with Crippen molar-refractivity contribution in [3.8, 4) is 0 Å². The fraction of sp³-hybridized carbons (Fsp3) is 0.182. The van der Waals surface area contributed by atoms with E-state index < -0.39 is 17.7 Å². The molecule has 0 spiro atoms. The first-order valence-electron chi connectivity index (χ1n) is 4.99. The molecule has 0 fully saturated rings. The molecule has 1 heterocycles. The maximum absolute atomic E-state index is 13.4. The second-order valence-corrected chi connectivity index (χ2v) is 4.49. The first kappa shape index (κ1) is 12.1. The molecule has 0 radical (unpaired) electrons. The van der Waals surface area contributed by atoms with Crippen molar-refractivity contribution < 1.29 is 8.78 Å². The number of aromatic nitrogens is 2. The van der Waals surface area contributed by atoms with Gasteiger partial charge in [-0.2, -0.15) is 0 Å². The molecule has 0 aliphatic carbocycles. The molecule has 90 valence electrons. The van der Waals surface area contributed by atoms with Crippen molar-refractivity contribution in [2.75, 3.05) is 5.75 Å². The molecule has 2 rings (SSSR count). The number of benzene rings is 1. The van der Waals surface area contributed by atoms with Gasteiger partial charge in [-0.1, -0.05) is 17.8 Å². The lowest BCUT2D eigenvalue weighted by Crippen LogP contribution is -2.15. The molecule has 2 aromatic rings. The first-order valence-corrected chi connectivity index (χ1v) is 5.98. The topological polar surface area (TPSA) is 54.7 Å². The summed E-state index contributed by atoms with van der Waals surface area (Å²) in [6.07, 6.45) is 3.33. The summed E-state index contributed by atoms with van der Waals surface area (Å²) >= 11 is 1.39. The van der Waals surface area contributed by atoms with Crippen molar-refractivity contribution in [1.29, 1.82) is 0 Å². The number of aromatic amines is 1. The molecule has 0 amide bonds. The Kier molecular flexibility index (Phi) is 3.75. The van der Waals surface area contributed by atoms with Gasteiger partial charge in [0.25, 0.3) is 0 Å². The largest absolute Gasteiger partial charge is 0.340 e. The summed E-state index contributed by atoms with van der Waals surface area (Å²) in [6, 6.07) is 2.92. The second kappa shape index (κ2) is 5.29. The first-order chi connectivity index (χ1) is 8.16. The minimum absolute atomic E-state index is 0.311. The number of hydrogen-bond donors (Lipinski definition) is 2. The minimum Gasteiger partial charge on any atom is -0.340 e. The smallest absolute Gasteiger partial charge is 0.165 e. The molecule has 1 unspecified atom stereocenters. The summed E-state index contributed by atoms with van der Waals surface area (Å²) in [5, 5.41) is 0.725. The molecule has 6 heteroatoms. The molecule has 1 aromatic carbocycles. The van der Waals surface area contributed by atoms with E-state index in [1.54, 1.807) is 12.4 Å². The average Bonchev–Trinajstić information content (AvgIpc) is 2.78. The van der Waals surface area contributed by atoms with Crippen LogP contribution in [0.5, 0.6) is 0 Å². The highest BCUT2D eigenvalue weighted by atomic mass is 32.2. The van der Waals surface area contributed by atoms with E-state index in [0.29, 0.717) is 11.3 Å². The number of nitrogens with zero attached hydrogens (tertiary/aromatic N) is 1. The van der Waals surface area contributed by atoms with Crippen LogP contribution in [-0.2, 0) is 0 Å². The highest BCUT2D eigenvalue weighted by Crippen LogP contribution is 2.22. The molecule has 3 N–H and O–H groups in total. The Hall–Kier alpha value is -1.40. The second-order valence-electron chi connectivity index (χ2n) is 3.48. The van der Waals surface area contributed by atoms with E-state index in [0.717, 1.165) is 11.2 Å². The predicted octanol–water partition coefficient (Wildman–Crippen LogP) is 2.48. The van der Waals surface area contributed by atoms with Crippen LogP contribution >= 0.6 is 11.8 Å². The molecule has 1 atom stereocenters. The third-order valence-corrected chi connectivity index (χ3v) is 3.26. The minimum atomic E-state index is -0.613. The van der Waals surface area contributed by atoms with Crippen LogP contribution in [0, 0.1) is 11.6 Å². The van der Waals surface area contributed by atoms with Crippen LogP contribution in [0.4, 0.5) is 8.78 Å². The van der Waals surface area contributed by atoms with Crippen molar-refractivity contribution in [2.45, 2.75) is 11.2 Å². The molecular weight excluding hydrogens is 244 g/mol. The zero-order valence-electron chi connectivity index (χ0n) is 8.86. The number of H-pyrrole nitrogens is 1. The Morgan fingerprint density at radius 3 is 2.88 bits per heavy atom. The van der Waals surface area contributed by atoms with Gasteiger partial charge in [0.05, 0.1) is 0 Å². The summed E-state index contributed by atoms with van der Waals surface area (Å²) in [4.78, 5) is 6.93. The normalized spacial score (nSPS) is 12.6. The number of nitrogens with two attached hydrogens (primary N) is 1. The number of rotatable bonds is 4. The van der Waals surface area contributed by atoms with E-state index in [2.05, 4.69) is 9.97 Å². The van der Waals surface area contributed by atoms with Crippen LogP contribution in [0.15, 0.2) is 35.7 Å². The molecule has 0 saturated heterocycles. The summed E-state index contributed by atoms with van der Waals surface area (Å²) in [6.45, 7) is 0. The zero-order valence-corrected chi connectivity index (χ0v) is 9.68. The Labute approximate surface area is 101 Å². The van der Waals surface area contributed by atoms with E-state index in [-0.39, 0.29) is 0 Å². The Bertz CT molecular complexity index is 487. The Morgan fingerprint density at radius 1 is 1.41 bits per heavy atom. The lowest BCUT2D eigenvalue weighted by atomic mass is 10.1. The fourth-order valence-corrected chi connectivity index (χ4v) is 2.19. The van der Waals surface area contributed by atoms with Crippen LogP contribution in [0.1, 0.15) is 11.6 Å². The quantitative estimate of drug-likeness (QED) is 0.825. The van der Waals surface area contributed by atoms with Gasteiger partial charge in [0.1, 0.15) is 11.6 Å². The Balaban J connectivity index is 2.01. The van der Waals surface area contributed by atoms with Gasteiger partial charge >= 0.3 is 0 Å². The lowest BCUT2D eigenvalue weighted by Gasteiger charge is -2.11. The third kappa shape index (κ3) is 3.04. The van der Waals surface area contributed by atoms with E-state index >= 15 is 0 Å². The van der Waals surface area contributed by atoms with Crippen molar-refractivity contribution in [1.82, 2.24) is 9.97 Å². The summed E-state index contributed by atoms with van der Waals surface area (Å²) in [7, 11) is 0. The molecule has 17 heavy (non-hydrogen) atoms. The molecular formula is C11H11F2N3S. The lowest BCUT2D eigenvalue weighted by molar-refractivity contribution is 0.563. The van der Waals surface area contributed by atoms with Crippen molar-refractivity contribution in [3.63, 3.8) is 0 Å². The summed E-state index contributed by atoms with van der Waals surface area (Å²) in [5.41, 5.74) is 6.15. The van der Waals surface area contributed by atoms with E-state index in [9.17, 15) is 8.78 Å². The maximum Gasteiger partial charge on any atom is 0.165 e. The molecule has 0 aliphatic heterocycles. The standard InChI is InChI=1S/C11H11F2N3S/c12-7-1-2-8(9(13)5-7)10(14)6-17-11-15-3-4-16-11/h1-5,10H,6,14H2,(H,15,16). The SMILES string of the molecule is NC(CSc1ncc[nH]1)c1ccc(F)cc1F. The van der Waals surface area contributed by atoms with Gasteiger partial charge in [-0.05, 0) is 6.07 Å². The molecule has 0 aliphatic rings. The van der Waals surface area contributed by atoms with Gasteiger partial charge in [0.15, 0.2) is 5.16 Å². The van der Waals surface area contributed by atoms with Crippen LogP contribution in [-0.4, -0.2) is 15.7 Å². The van der Waals surface area contributed by atoms with Gasteiger partial charge < -0.3 is 10.7 Å². The zero-order chi connectivity index (χ0) is 12.3. The van der Waals surface area contributed by atoms with Gasteiger partial charge in [-0.15, -0.1) is 0 Å². The molecule has 0 bridgehead atoms. The number of imidazole rings is 1. The van der Waals surface area contributed by atoms with Crippen molar-refractivity contribution in [3.05, 3.63) is 47.8 Å². The fourth-order valence-electron chi connectivity index (χ4n) is 1.39. The maximum atomic E-state index is 13.4. The Morgan fingerprint density at radius 2 is 2.24 bits per heavy atom. The highest BCUT2D eigenvalue weighted by Gasteiger charge is 2.13. The van der Waals surface area contributed by atoms with Crippen LogP contribution in [0.2, 0.25) is 0 Å². The number of thioether (sulfide) groups is 1.